The predicted molar refractivity (Wildman–Crippen MR) is 58.4 cm³/mol. The van der Waals surface area contributed by atoms with Gasteiger partial charge >= 0.3 is 0 Å². The van der Waals surface area contributed by atoms with Crippen molar-refractivity contribution < 1.29 is 0 Å². The van der Waals surface area contributed by atoms with Crippen molar-refractivity contribution >= 4 is 0 Å². The lowest BCUT2D eigenvalue weighted by Gasteiger charge is -2.19. The molecule has 1 aliphatic rings. The molecule has 0 aromatic rings. The summed E-state index contributed by atoms with van der Waals surface area (Å²) >= 11 is 0. The largest absolute Gasteiger partial charge is 0.394 e. The number of nitrogens with one attached hydrogen (secondary N) is 1. The lowest BCUT2D eigenvalue weighted by atomic mass is 9.87. The van der Waals surface area contributed by atoms with Gasteiger partial charge in [0.2, 0.25) is 0 Å². The average Bonchev–Trinajstić information content (AvgIpc) is 2.02. The Balaban J connectivity index is 2.88. The molecule has 0 aromatic carbocycles. The van der Waals surface area contributed by atoms with Gasteiger partial charge in [-0.15, -0.1) is 0 Å². The van der Waals surface area contributed by atoms with Crippen LogP contribution in [-0.4, -0.2) is 7.05 Å². The quantitative estimate of drug-likeness (QED) is 0.683. The third-order valence-electron chi connectivity index (χ3n) is 2.46. The van der Waals surface area contributed by atoms with E-state index in [1.54, 1.807) is 0 Å². The molecule has 1 N–H and O–H groups in total. The third kappa shape index (κ3) is 2.48. The van der Waals surface area contributed by atoms with E-state index in [1.165, 1.54) is 23.1 Å². The van der Waals surface area contributed by atoms with Crippen LogP contribution < -0.4 is 5.32 Å². The molecule has 72 valence electrons. The molecule has 0 aliphatic heterocycles. The van der Waals surface area contributed by atoms with Crippen LogP contribution in [0.15, 0.2) is 35.1 Å². The molecular formula is C12H19N. The van der Waals surface area contributed by atoms with E-state index in [1.807, 2.05) is 13.2 Å². The summed E-state index contributed by atoms with van der Waals surface area (Å²) in [7, 11) is 1.93. The van der Waals surface area contributed by atoms with Gasteiger partial charge in [0.05, 0.1) is 0 Å². The molecule has 0 saturated carbocycles. The molecule has 0 saturated heterocycles. The van der Waals surface area contributed by atoms with Crippen LogP contribution in [-0.2, 0) is 0 Å². The van der Waals surface area contributed by atoms with Crippen LogP contribution in [0.3, 0.4) is 0 Å². The highest BCUT2D eigenvalue weighted by molar-refractivity contribution is 5.44. The first kappa shape index (κ1) is 10.1. The van der Waals surface area contributed by atoms with Crippen LogP contribution in [0.2, 0.25) is 0 Å². The van der Waals surface area contributed by atoms with Gasteiger partial charge in [0.1, 0.15) is 0 Å². The van der Waals surface area contributed by atoms with Gasteiger partial charge in [0.25, 0.3) is 0 Å². The zero-order valence-corrected chi connectivity index (χ0v) is 9.02. The van der Waals surface area contributed by atoms with Crippen LogP contribution >= 0.6 is 0 Å². The Bertz CT molecular complexity index is 269. The lowest BCUT2D eigenvalue weighted by Crippen LogP contribution is -2.03. The van der Waals surface area contributed by atoms with Crippen molar-refractivity contribution in [2.45, 2.75) is 27.2 Å². The van der Waals surface area contributed by atoms with Gasteiger partial charge in [-0.05, 0) is 49.6 Å². The molecule has 0 aromatic heterocycles. The summed E-state index contributed by atoms with van der Waals surface area (Å²) in [5, 5.41) is 3.03. The van der Waals surface area contributed by atoms with Gasteiger partial charge in [0.15, 0.2) is 0 Å². The van der Waals surface area contributed by atoms with Crippen molar-refractivity contribution in [1.82, 2.24) is 5.32 Å². The Labute approximate surface area is 81.2 Å². The Morgan fingerprint density at radius 2 is 2.15 bits per heavy atom. The monoisotopic (exact) mass is 177 g/mol. The normalized spacial score (nSPS) is 23.7. The Hall–Kier alpha value is -0.980. The molecule has 0 spiro atoms. The fourth-order valence-electron chi connectivity index (χ4n) is 1.95. The van der Waals surface area contributed by atoms with Crippen LogP contribution in [0.25, 0.3) is 0 Å². The summed E-state index contributed by atoms with van der Waals surface area (Å²) in [4.78, 5) is 0. The Morgan fingerprint density at radius 1 is 1.46 bits per heavy atom. The molecule has 1 unspecified atom stereocenters. The molecule has 0 fully saturated rings. The maximum Gasteiger partial charge on any atom is 0.00277 e. The van der Waals surface area contributed by atoms with Gasteiger partial charge in [-0.25, -0.2) is 0 Å². The maximum absolute atomic E-state index is 3.03. The molecule has 0 bridgehead atoms. The van der Waals surface area contributed by atoms with E-state index in [2.05, 4.69) is 38.2 Å². The molecule has 0 radical (unpaired) electrons. The zero-order valence-electron chi connectivity index (χ0n) is 9.02. The van der Waals surface area contributed by atoms with Crippen molar-refractivity contribution in [3.8, 4) is 0 Å². The van der Waals surface area contributed by atoms with E-state index >= 15 is 0 Å². The van der Waals surface area contributed by atoms with Crippen molar-refractivity contribution in [3.63, 3.8) is 0 Å². The SMILES string of the molecule is CN/C=C\C1=C(C)CC(C)C=C1C. The molecule has 1 atom stereocenters. The summed E-state index contributed by atoms with van der Waals surface area (Å²) in [5.41, 5.74) is 4.30. The summed E-state index contributed by atoms with van der Waals surface area (Å²) in [6.45, 7) is 6.68. The second-order valence-corrected chi connectivity index (χ2v) is 3.85. The first-order valence-corrected chi connectivity index (χ1v) is 4.87. The van der Waals surface area contributed by atoms with Gasteiger partial charge in [-0.3, -0.25) is 0 Å². The minimum Gasteiger partial charge on any atom is -0.394 e. The third-order valence-corrected chi connectivity index (χ3v) is 2.46. The number of hydrogen-bond donors (Lipinski definition) is 1. The maximum atomic E-state index is 3.03. The van der Waals surface area contributed by atoms with E-state index in [-0.39, 0.29) is 0 Å². The Kier molecular flexibility index (Phi) is 3.35. The molecule has 1 nitrogen and oxygen atoms in total. The minimum absolute atomic E-state index is 0.701. The van der Waals surface area contributed by atoms with E-state index < -0.39 is 0 Å². The van der Waals surface area contributed by atoms with E-state index in [9.17, 15) is 0 Å². The molecule has 0 amide bonds. The summed E-state index contributed by atoms with van der Waals surface area (Å²) < 4.78 is 0. The van der Waals surface area contributed by atoms with Gasteiger partial charge in [-0.1, -0.05) is 18.6 Å². The highest BCUT2D eigenvalue weighted by Crippen LogP contribution is 2.28. The van der Waals surface area contributed by atoms with Crippen molar-refractivity contribution in [3.05, 3.63) is 35.1 Å². The molecule has 1 heteroatoms. The smallest absolute Gasteiger partial charge is 0.00277 e. The fraction of sp³-hybridized carbons (Fsp3) is 0.500. The van der Waals surface area contributed by atoms with Crippen molar-refractivity contribution in [2.24, 2.45) is 5.92 Å². The standard InChI is InChI=1S/C12H19N/c1-9-7-10(2)12(5-6-13-4)11(3)8-9/h5-7,9,13H,8H2,1-4H3/b6-5-. The second kappa shape index (κ2) is 4.31. The molecule has 0 heterocycles. The molecule has 1 rings (SSSR count). The van der Waals surface area contributed by atoms with Crippen LogP contribution in [0, 0.1) is 5.92 Å². The van der Waals surface area contributed by atoms with Crippen molar-refractivity contribution in [1.29, 1.82) is 0 Å². The summed E-state index contributed by atoms with van der Waals surface area (Å²) in [6, 6.07) is 0. The highest BCUT2D eigenvalue weighted by Gasteiger charge is 2.11. The average molecular weight is 177 g/mol. The predicted octanol–water partition coefficient (Wildman–Crippen LogP) is 3.02. The van der Waals surface area contributed by atoms with E-state index in [0.717, 1.165) is 0 Å². The van der Waals surface area contributed by atoms with Crippen LogP contribution in [0.1, 0.15) is 27.2 Å². The van der Waals surface area contributed by atoms with Crippen molar-refractivity contribution in [2.75, 3.05) is 7.05 Å². The van der Waals surface area contributed by atoms with E-state index in [0.29, 0.717) is 5.92 Å². The number of allylic oxidation sites excluding steroid dienone is 5. The van der Waals surface area contributed by atoms with Crippen LogP contribution in [0.4, 0.5) is 0 Å². The molecular weight excluding hydrogens is 158 g/mol. The zero-order chi connectivity index (χ0) is 9.84. The van der Waals surface area contributed by atoms with Crippen LogP contribution in [0.5, 0.6) is 0 Å². The number of hydrogen-bond acceptors (Lipinski definition) is 1. The van der Waals surface area contributed by atoms with Gasteiger partial charge in [-0.2, -0.15) is 0 Å². The highest BCUT2D eigenvalue weighted by atomic mass is 14.8. The first-order chi connectivity index (χ1) is 6.15. The minimum atomic E-state index is 0.701. The van der Waals surface area contributed by atoms with Gasteiger partial charge < -0.3 is 5.32 Å². The lowest BCUT2D eigenvalue weighted by molar-refractivity contribution is 0.694. The molecule has 13 heavy (non-hydrogen) atoms. The first-order valence-electron chi connectivity index (χ1n) is 4.87. The van der Waals surface area contributed by atoms with E-state index in [4.69, 9.17) is 0 Å². The Morgan fingerprint density at radius 3 is 2.69 bits per heavy atom. The molecule has 1 aliphatic carbocycles. The topological polar surface area (TPSA) is 12.0 Å². The summed E-state index contributed by atoms with van der Waals surface area (Å²) in [6.07, 6.45) is 7.70. The fourth-order valence-corrected chi connectivity index (χ4v) is 1.95. The second-order valence-electron chi connectivity index (χ2n) is 3.85. The number of rotatable bonds is 2. The van der Waals surface area contributed by atoms with Gasteiger partial charge in [0, 0.05) is 7.05 Å². The summed E-state index contributed by atoms with van der Waals surface area (Å²) in [5.74, 6) is 0.701.